The number of hydrogen-bond donors (Lipinski definition) is 1. The SMILES string of the molecule is CC(C)(C)OC(=O)N1CCC(c2n[nH]c3c2CCC3)CC1. The second-order valence-electron chi connectivity index (χ2n) is 7.16. The lowest BCUT2D eigenvalue weighted by Crippen LogP contribution is -2.41. The Morgan fingerprint density at radius 1 is 1.29 bits per heavy atom. The zero-order valence-electron chi connectivity index (χ0n) is 13.2. The van der Waals surface area contributed by atoms with Crippen LogP contribution >= 0.6 is 0 Å². The number of rotatable bonds is 1. The molecule has 1 saturated heterocycles. The quantitative estimate of drug-likeness (QED) is 0.865. The van der Waals surface area contributed by atoms with E-state index < -0.39 is 5.60 Å². The zero-order chi connectivity index (χ0) is 15.0. The summed E-state index contributed by atoms with van der Waals surface area (Å²) in [5.41, 5.74) is 3.62. The third-order valence-corrected chi connectivity index (χ3v) is 4.37. The minimum Gasteiger partial charge on any atom is -0.444 e. The summed E-state index contributed by atoms with van der Waals surface area (Å²) in [6.45, 7) is 7.25. The molecule has 0 saturated carbocycles. The molecule has 5 nitrogen and oxygen atoms in total. The number of hydrogen-bond acceptors (Lipinski definition) is 3. The van der Waals surface area contributed by atoms with Gasteiger partial charge < -0.3 is 9.64 Å². The van der Waals surface area contributed by atoms with E-state index in [2.05, 4.69) is 10.2 Å². The minimum atomic E-state index is -0.420. The van der Waals surface area contributed by atoms with E-state index in [1.54, 1.807) is 0 Å². The van der Waals surface area contributed by atoms with Crippen molar-refractivity contribution in [2.75, 3.05) is 13.1 Å². The average molecular weight is 291 g/mol. The van der Waals surface area contributed by atoms with Crippen molar-refractivity contribution in [1.29, 1.82) is 0 Å². The van der Waals surface area contributed by atoms with Crippen LogP contribution in [0.25, 0.3) is 0 Å². The number of H-pyrrole nitrogens is 1. The number of carbonyl (C=O) groups is 1. The summed E-state index contributed by atoms with van der Waals surface area (Å²) in [6.07, 6.45) is 5.32. The van der Waals surface area contributed by atoms with E-state index in [9.17, 15) is 4.79 Å². The molecular weight excluding hydrogens is 266 g/mol. The lowest BCUT2D eigenvalue weighted by Gasteiger charge is -2.33. The van der Waals surface area contributed by atoms with Gasteiger partial charge in [-0.3, -0.25) is 5.10 Å². The summed E-state index contributed by atoms with van der Waals surface area (Å²) in [5.74, 6) is 0.488. The standard InChI is InChI=1S/C16H25N3O2/c1-16(2,3)21-15(20)19-9-7-11(8-10-19)14-12-5-4-6-13(12)17-18-14/h11H,4-10H2,1-3H3,(H,17,18). The predicted molar refractivity (Wildman–Crippen MR) is 80.4 cm³/mol. The molecule has 0 bridgehead atoms. The highest BCUT2D eigenvalue weighted by Gasteiger charge is 2.31. The van der Waals surface area contributed by atoms with Crippen LogP contribution in [-0.2, 0) is 17.6 Å². The van der Waals surface area contributed by atoms with Gasteiger partial charge in [0.1, 0.15) is 5.60 Å². The Balaban J connectivity index is 1.59. The first-order chi connectivity index (χ1) is 9.94. The van der Waals surface area contributed by atoms with E-state index in [1.807, 2.05) is 25.7 Å². The maximum Gasteiger partial charge on any atom is 0.410 e. The Hall–Kier alpha value is -1.52. The number of fused-ring (bicyclic) bond motifs is 1. The molecule has 1 aromatic rings. The van der Waals surface area contributed by atoms with Gasteiger partial charge in [-0.2, -0.15) is 5.10 Å². The van der Waals surface area contributed by atoms with Gasteiger partial charge >= 0.3 is 6.09 Å². The number of piperidine rings is 1. The van der Waals surface area contributed by atoms with Crippen LogP contribution in [0.4, 0.5) is 4.79 Å². The van der Waals surface area contributed by atoms with Gasteiger partial charge in [-0.25, -0.2) is 4.79 Å². The van der Waals surface area contributed by atoms with Crippen LogP contribution in [0, 0.1) is 0 Å². The summed E-state index contributed by atoms with van der Waals surface area (Å²) in [6, 6.07) is 0. The molecule has 3 rings (SSSR count). The summed E-state index contributed by atoms with van der Waals surface area (Å²) in [4.78, 5) is 13.9. The average Bonchev–Trinajstić information content (AvgIpc) is 2.99. The highest BCUT2D eigenvalue weighted by Crippen LogP contribution is 2.34. The highest BCUT2D eigenvalue weighted by molar-refractivity contribution is 5.68. The first-order valence-electron chi connectivity index (χ1n) is 7.98. The maximum atomic E-state index is 12.1. The van der Waals surface area contributed by atoms with E-state index >= 15 is 0 Å². The number of aromatic amines is 1. The number of carbonyl (C=O) groups excluding carboxylic acids is 1. The lowest BCUT2D eigenvalue weighted by molar-refractivity contribution is 0.0204. The third kappa shape index (κ3) is 3.06. The Morgan fingerprint density at radius 3 is 2.67 bits per heavy atom. The van der Waals surface area contributed by atoms with Crippen LogP contribution in [0.3, 0.4) is 0 Å². The molecule has 1 aromatic heterocycles. The van der Waals surface area contributed by atoms with Crippen molar-refractivity contribution in [2.45, 2.75) is 64.4 Å². The third-order valence-electron chi connectivity index (χ3n) is 4.37. The number of nitrogens with zero attached hydrogens (tertiary/aromatic N) is 2. The molecule has 1 N–H and O–H groups in total. The molecule has 5 heteroatoms. The van der Waals surface area contributed by atoms with Crippen LogP contribution in [0.5, 0.6) is 0 Å². The molecule has 0 radical (unpaired) electrons. The molecular formula is C16H25N3O2. The summed E-state index contributed by atoms with van der Waals surface area (Å²) in [5, 5.41) is 7.72. The van der Waals surface area contributed by atoms with Gasteiger partial charge in [-0.05, 0) is 58.4 Å². The van der Waals surface area contributed by atoms with Gasteiger partial charge in [0.05, 0.1) is 5.69 Å². The van der Waals surface area contributed by atoms with Crippen molar-refractivity contribution in [1.82, 2.24) is 15.1 Å². The fourth-order valence-electron chi connectivity index (χ4n) is 3.34. The molecule has 116 valence electrons. The molecule has 1 amide bonds. The molecule has 1 fully saturated rings. The number of amides is 1. The summed E-state index contributed by atoms with van der Waals surface area (Å²) < 4.78 is 5.44. The van der Waals surface area contributed by atoms with Gasteiger partial charge in [-0.15, -0.1) is 0 Å². The topological polar surface area (TPSA) is 58.2 Å². The van der Waals surface area contributed by atoms with E-state index in [0.29, 0.717) is 5.92 Å². The van der Waals surface area contributed by atoms with Crippen LogP contribution in [0.1, 0.15) is 62.9 Å². The van der Waals surface area contributed by atoms with E-state index in [1.165, 1.54) is 23.4 Å². The fraction of sp³-hybridized carbons (Fsp3) is 0.750. The van der Waals surface area contributed by atoms with Crippen LogP contribution in [0.15, 0.2) is 0 Å². The molecule has 2 aliphatic rings. The van der Waals surface area contributed by atoms with Crippen molar-refractivity contribution in [2.24, 2.45) is 0 Å². The van der Waals surface area contributed by atoms with E-state index in [-0.39, 0.29) is 6.09 Å². The van der Waals surface area contributed by atoms with Crippen LogP contribution in [0.2, 0.25) is 0 Å². The van der Waals surface area contributed by atoms with Crippen LogP contribution < -0.4 is 0 Å². The monoisotopic (exact) mass is 291 g/mol. The van der Waals surface area contributed by atoms with Gasteiger partial charge in [0.25, 0.3) is 0 Å². The molecule has 0 atom stereocenters. The number of aryl methyl sites for hydroxylation is 1. The maximum absolute atomic E-state index is 12.1. The Labute approximate surface area is 126 Å². The van der Waals surface area contributed by atoms with Crippen molar-refractivity contribution in [3.63, 3.8) is 0 Å². The lowest BCUT2D eigenvalue weighted by atomic mass is 9.91. The molecule has 0 unspecified atom stereocenters. The molecule has 1 aliphatic heterocycles. The summed E-state index contributed by atoms with van der Waals surface area (Å²) >= 11 is 0. The van der Waals surface area contributed by atoms with E-state index in [0.717, 1.165) is 38.8 Å². The highest BCUT2D eigenvalue weighted by atomic mass is 16.6. The Morgan fingerprint density at radius 2 is 2.00 bits per heavy atom. The molecule has 0 spiro atoms. The van der Waals surface area contributed by atoms with E-state index in [4.69, 9.17) is 4.74 Å². The minimum absolute atomic E-state index is 0.187. The first kappa shape index (κ1) is 14.4. The largest absolute Gasteiger partial charge is 0.444 e. The predicted octanol–water partition coefficient (Wildman–Crippen LogP) is 3.01. The molecule has 21 heavy (non-hydrogen) atoms. The number of likely N-dealkylation sites (tertiary alicyclic amines) is 1. The fourth-order valence-corrected chi connectivity index (χ4v) is 3.34. The number of ether oxygens (including phenoxy) is 1. The second kappa shape index (κ2) is 5.35. The smallest absolute Gasteiger partial charge is 0.410 e. The molecule has 0 aromatic carbocycles. The second-order valence-corrected chi connectivity index (χ2v) is 7.16. The number of nitrogens with one attached hydrogen (secondary N) is 1. The molecule has 2 heterocycles. The summed E-state index contributed by atoms with van der Waals surface area (Å²) in [7, 11) is 0. The van der Waals surface area contributed by atoms with Crippen molar-refractivity contribution >= 4 is 6.09 Å². The van der Waals surface area contributed by atoms with Gasteiger partial charge in [-0.1, -0.05) is 0 Å². The van der Waals surface area contributed by atoms with Crippen molar-refractivity contribution in [3.05, 3.63) is 17.0 Å². The van der Waals surface area contributed by atoms with Gasteiger partial charge in [0.2, 0.25) is 0 Å². The normalized spacial score (nSPS) is 19.7. The van der Waals surface area contributed by atoms with Crippen molar-refractivity contribution in [3.8, 4) is 0 Å². The Kier molecular flexibility index (Phi) is 3.68. The molecule has 1 aliphatic carbocycles. The number of aromatic nitrogens is 2. The first-order valence-corrected chi connectivity index (χ1v) is 7.98. The Bertz CT molecular complexity index is 522. The van der Waals surface area contributed by atoms with Gasteiger partial charge in [0.15, 0.2) is 0 Å². The zero-order valence-corrected chi connectivity index (χ0v) is 13.2. The van der Waals surface area contributed by atoms with Crippen molar-refractivity contribution < 1.29 is 9.53 Å². The van der Waals surface area contributed by atoms with Crippen LogP contribution in [-0.4, -0.2) is 39.9 Å². The van der Waals surface area contributed by atoms with Gasteiger partial charge in [0, 0.05) is 24.7 Å².